The van der Waals surface area contributed by atoms with Crippen molar-refractivity contribution < 1.29 is 9.90 Å². The summed E-state index contributed by atoms with van der Waals surface area (Å²) in [5, 5.41) is 11.4. The van der Waals surface area contributed by atoms with Crippen LogP contribution in [0.2, 0.25) is 14.8 Å². The summed E-state index contributed by atoms with van der Waals surface area (Å²) in [6.45, 7) is 5.33. The van der Waals surface area contributed by atoms with Gasteiger partial charge in [-0.25, -0.2) is 0 Å². The number of hydrogen-bond donors (Lipinski definition) is 0. The second kappa shape index (κ2) is 9.65. The molecule has 1 atom stereocenters. The minimum atomic E-state index is -1.13. The van der Waals surface area contributed by atoms with Crippen molar-refractivity contribution in [1.82, 2.24) is 0 Å². The first-order valence-corrected chi connectivity index (χ1v) is 13.4. The van der Waals surface area contributed by atoms with Gasteiger partial charge in [0.1, 0.15) is 0 Å². The normalized spacial score (nSPS) is 10.6. The van der Waals surface area contributed by atoms with Gasteiger partial charge in [-0.1, -0.05) is 17.8 Å². The Morgan fingerprint density at radius 1 is 1.57 bits per heavy atom. The molecule has 0 aliphatic carbocycles. The Balaban J connectivity index is 0. The van der Waals surface area contributed by atoms with Crippen molar-refractivity contribution in [3.63, 3.8) is 0 Å². The Morgan fingerprint density at radius 2 is 1.93 bits per heavy atom. The molecule has 0 aromatic carbocycles. The van der Waals surface area contributed by atoms with E-state index in [9.17, 15) is 9.90 Å². The van der Waals surface area contributed by atoms with E-state index in [1.54, 1.807) is 6.92 Å². The van der Waals surface area contributed by atoms with Crippen LogP contribution in [0, 0.1) is 5.92 Å². The van der Waals surface area contributed by atoms with Crippen LogP contribution in [0.15, 0.2) is 12.2 Å². The third-order valence-electron chi connectivity index (χ3n) is 1.04. The van der Waals surface area contributed by atoms with E-state index in [0.717, 1.165) is 5.57 Å². The molecule has 0 aliphatic rings. The second-order valence-electron chi connectivity index (χ2n) is 3.72. The number of hydrogen-bond acceptors (Lipinski definition) is 3. The van der Waals surface area contributed by atoms with E-state index in [0.29, 0.717) is 6.42 Å². The molecule has 0 aromatic heterocycles. The van der Waals surface area contributed by atoms with E-state index >= 15 is 0 Å². The summed E-state index contributed by atoms with van der Waals surface area (Å²) in [7, 11) is 0. The Hall–Kier alpha value is 0.0987. The fourth-order valence-corrected chi connectivity index (χ4v) is 0.770. The number of thiocarbonyl (C=S) groups is 1. The molecule has 0 fully saturated rings. The molecule has 14 heavy (non-hydrogen) atoms. The fourth-order valence-electron chi connectivity index (χ4n) is 0.562. The van der Waals surface area contributed by atoms with Gasteiger partial charge in [0.2, 0.25) is 0 Å². The van der Waals surface area contributed by atoms with Crippen molar-refractivity contribution in [2.75, 3.05) is 0 Å². The summed E-state index contributed by atoms with van der Waals surface area (Å²) in [6, 6.07) is 0. The standard InChI is InChI=1S/C7H10O2S.3CH3.Sn/c1-5(2)3-6(4-10)7(8)9;;;;/h4,6H,1,3H2,2H3,(H,8,9);3*1H3;/q;;;;+1/p-1. The number of carbonyl (C=O) groups excluding carboxylic acids is 1. The van der Waals surface area contributed by atoms with E-state index in [1.807, 2.05) is 0 Å². The molecule has 0 aliphatic heterocycles. The van der Waals surface area contributed by atoms with Crippen LogP contribution in [0.3, 0.4) is 0 Å². The number of carbonyl (C=O) groups is 1. The number of rotatable bonds is 4. The molecule has 0 saturated carbocycles. The van der Waals surface area contributed by atoms with Gasteiger partial charge in [0.05, 0.1) is 0 Å². The van der Waals surface area contributed by atoms with Gasteiger partial charge in [-0.2, -0.15) is 0 Å². The van der Waals surface area contributed by atoms with Gasteiger partial charge < -0.3 is 9.90 Å². The van der Waals surface area contributed by atoms with Crippen molar-refractivity contribution in [2.45, 2.75) is 28.2 Å². The number of carboxylic acids is 1. The van der Waals surface area contributed by atoms with E-state index < -0.39 is 31.6 Å². The molecule has 0 rings (SSSR count). The maximum atomic E-state index is 10.2. The van der Waals surface area contributed by atoms with Crippen molar-refractivity contribution >= 4 is 43.3 Å². The molecule has 4 heteroatoms. The molecule has 0 N–H and O–H groups in total. The Bertz CT molecular complexity index is 200. The first-order valence-electron chi connectivity index (χ1n) is 4.38. The van der Waals surface area contributed by atoms with Crippen molar-refractivity contribution in [2.24, 2.45) is 5.92 Å². The topological polar surface area (TPSA) is 40.1 Å². The van der Waals surface area contributed by atoms with E-state index in [1.165, 1.54) is 5.37 Å². The molecule has 0 heterocycles. The molecule has 80 valence electrons. The molecule has 2 nitrogen and oxygen atoms in total. The Kier molecular flexibility index (Phi) is 11.4. The maximum absolute atomic E-state index is 10.2. The van der Waals surface area contributed by atoms with Crippen LogP contribution in [0.1, 0.15) is 13.3 Å². The fraction of sp³-hybridized carbons (Fsp3) is 0.600. The van der Waals surface area contributed by atoms with Gasteiger partial charge in [-0.15, -0.1) is 6.58 Å². The second-order valence-corrected chi connectivity index (χ2v) is 12.6. The van der Waals surface area contributed by atoms with Gasteiger partial charge in [-0.05, 0) is 18.7 Å². The number of carboxylic acid groups (broad SMARTS) is 1. The average Bonchev–Trinajstić information content (AvgIpc) is 1.98. The zero-order valence-electron chi connectivity index (χ0n) is 9.29. The van der Waals surface area contributed by atoms with Crippen molar-refractivity contribution in [3.05, 3.63) is 12.2 Å². The first kappa shape index (κ1) is 16.5. The molecular weight excluding hydrogens is 303 g/mol. The van der Waals surface area contributed by atoms with Crippen LogP contribution < -0.4 is 5.11 Å². The summed E-state index contributed by atoms with van der Waals surface area (Å²) in [5.74, 6) is -1.79. The van der Waals surface area contributed by atoms with E-state index in [-0.39, 0.29) is 0 Å². The molecule has 0 aromatic rings. The third-order valence-corrected chi connectivity index (χ3v) is 1.36. The number of allylic oxidation sites excluding steroid dienone is 1. The van der Waals surface area contributed by atoms with Crippen LogP contribution in [0.5, 0.6) is 0 Å². The average molecular weight is 321 g/mol. The summed E-state index contributed by atoms with van der Waals surface area (Å²) >= 11 is 3.94. The molecule has 0 bridgehead atoms. The third kappa shape index (κ3) is 14.6. The molecule has 1 unspecified atom stereocenters. The van der Waals surface area contributed by atoms with Crippen LogP contribution in [-0.2, 0) is 4.79 Å². The molecule has 0 saturated heterocycles. The van der Waals surface area contributed by atoms with Crippen molar-refractivity contribution in [3.8, 4) is 0 Å². The van der Waals surface area contributed by atoms with Crippen LogP contribution >= 0.6 is 12.2 Å². The van der Waals surface area contributed by atoms with Gasteiger partial charge >= 0.3 is 34.6 Å². The minimum absolute atomic E-state index is 0.381. The summed E-state index contributed by atoms with van der Waals surface area (Å²) in [4.78, 5) is 17.3. The quantitative estimate of drug-likeness (QED) is 0.449. The molecule has 0 spiro atoms. The van der Waals surface area contributed by atoms with Gasteiger partial charge in [0.25, 0.3) is 0 Å². The van der Waals surface area contributed by atoms with Gasteiger partial charge in [-0.3, -0.25) is 0 Å². The van der Waals surface area contributed by atoms with Crippen molar-refractivity contribution in [1.29, 1.82) is 0 Å². The molecular formula is C10H18O2SSn. The number of aliphatic carboxylic acids is 1. The monoisotopic (exact) mass is 322 g/mol. The van der Waals surface area contributed by atoms with Crippen LogP contribution in [0.25, 0.3) is 0 Å². The zero-order chi connectivity index (χ0) is 11.7. The van der Waals surface area contributed by atoms with Gasteiger partial charge in [0, 0.05) is 11.9 Å². The van der Waals surface area contributed by atoms with Crippen LogP contribution in [0.4, 0.5) is 0 Å². The zero-order valence-corrected chi connectivity index (χ0v) is 13.0. The predicted molar refractivity (Wildman–Crippen MR) is 64.9 cm³/mol. The van der Waals surface area contributed by atoms with Gasteiger partial charge in [0.15, 0.2) is 0 Å². The Labute approximate surface area is 99.1 Å². The van der Waals surface area contributed by atoms with Crippen LogP contribution in [-0.4, -0.2) is 31.1 Å². The summed E-state index contributed by atoms with van der Waals surface area (Å²) in [6.07, 6.45) is 0.381. The summed E-state index contributed by atoms with van der Waals surface area (Å²) < 4.78 is 0. The first-order chi connectivity index (χ1) is 6.31. The van der Waals surface area contributed by atoms with E-state index in [2.05, 4.69) is 33.6 Å². The summed E-state index contributed by atoms with van der Waals surface area (Å²) in [5.41, 5.74) is 0.801. The predicted octanol–water partition coefficient (Wildman–Crippen LogP) is 1.69. The molecule has 0 amide bonds. The SMILES string of the molecule is C=C(C)CC(C=S)C(=O)[O-].[CH3][Sn+]([CH3])[CH3]. The molecule has 0 radical (unpaired) electrons. The Morgan fingerprint density at radius 3 is 2.00 bits per heavy atom. The van der Waals surface area contributed by atoms with E-state index in [4.69, 9.17) is 0 Å².